The maximum atomic E-state index is 12.4. The molecule has 1 aromatic carbocycles. The Balaban J connectivity index is 1.89. The fraction of sp³-hybridized carbons (Fsp3) is 0.400. The standard InChI is InChI=1S/C20H24N4O/c1-23(2)12-13-8-10-14(11-9-13)18-17-15-6-4-5-7-16(15)20(25)21-19(17)24(3)22-18/h8-11H,4-7,12H2,1-3H3,(H,21,25). The molecule has 1 aliphatic carbocycles. The van der Waals surface area contributed by atoms with E-state index in [-0.39, 0.29) is 5.56 Å². The normalized spacial score (nSPS) is 14.2. The van der Waals surface area contributed by atoms with Crippen LogP contribution in [0.25, 0.3) is 22.3 Å². The van der Waals surface area contributed by atoms with E-state index in [0.29, 0.717) is 0 Å². The van der Waals surface area contributed by atoms with E-state index in [4.69, 9.17) is 5.10 Å². The maximum absolute atomic E-state index is 12.4. The lowest BCUT2D eigenvalue weighted by Crippen LogP contribution is -2.19. The van der Waals surface area contributed by atoms with Gasteiger partial charge in [-0.05, 0) is 50.9 Å². The number of H-pyrrole nitrogens is 1. The molecule has 0 atom stereocenters. The minimum Gasteiger partial charge on any atom is -0.307 e. The lowest BCUT2D eigenvalue weighted by molar-refractivity contribution is 0.402. The minimum atomic E-state index is 0.0538. The number of nitrogens with one attached hydrogen (secondary N) is 1. The van der Waals surface area contributed by atoms with Crippen LogP contribution in [0, 0.1) is 0 Å². The Hall–Kier alpha value is -2.40. The van der Waals surface area contributed by atoms with Crippen molar-refractivity contribution >= 4 is 11.0 Å². The van der Waals surface area contributed by atoms with Crippen LogP contribution in [0.5, 0.6) is 0 Å². The molecule has 0 unspecified atom stereocenters. The molecule has 130 valence electrons. The molecule has 4 rings (SSSR count). The molecule has 3 aromatic rings. The van der Waals surface area contributed by atoms with Crippen molar-refractivity contribution < 1.29 is 0 Å². The highest BCUT2D eigenvalue weighted by molar-refractivity contribution is 5.94. The second-order valence-electron chi connectivity index (χ2n) is 7.25. The minimum absolute atomic E-state index is 0.0538. The number of rotatable bonds is 3. The fourth-order valence-corrected chi connectivity index (χ4v) is 3.90. The molecule has 0 spiro atoms. The lowest BCUT2D eigenvalue weighted by Gasteiger charge is -2.16. The zero-order valence-corrected chi connectivity index (χ0v) is 15.1. The maximum Gasteiger partial charge on any atom is 0.253 e. The van der Waals surface area contributed by atoms with Crippen LogP contribution in [0.1, 0.15) is 29.5 Å². The number of hydrogen-bond donors (Lipinski definition) is 1. The zero-order valence-electron chi connectivity index (χ0n) is 15.1. The summed E-state index contributed by atoms with van der Waals surface area (Å²) in [5.74, 6) is 0. The Morgan fingerprint density at radius 2 is 1.80 bits per heavy atom. The summed E-state index contributed by atoms with van der Waals surface area (Å²) in [7, 11) is 6.04. The van der Waals surface area contributed by atoms with Crippen LogP contribution >= 0.6 is 0 Å². The topological polar surface area (TPSA) is 53.9 Å². The van der Waals surface area contributed by atoms with Crippen molar-refractivity contribution in [2.24, 2.45) is 7.05 Å². The number of nitrogens with zero attached hydrogens (tertiary/aromatic N) is 3. The van der Waals surface area contributed by atoms with E-state index in [0.717, 1.165) is 60.1 Å². The first kappa shape index (κ1) is 16.1. The average Bonchev–Trinajstić information content (AvgIpc) is 2.92. The second-order valence-corrected chi connectivity index (χ2v) is 7.25. The zero-order chi connectivity index (χ0) is 17.6. The molecular weight excluding hydrogens is 312 g/mol. The molecule has 0 saturated heterocycles. The Morgan fingerprint density at radius 3 is 2.48 bits per heavy atom. The van der Waals surface area contributed by atoms with Crippen molar-refractivity contribution in [3.8, 4) is 11.3 Å². The summed E-state index contributed by atoms with van der Waals surface area (Å²) in [6, 6.07) is 8.60. The molecule has 0 amide bonds. The van der Waals surface area contributed by atoms with E-state index in [1.807, 2.05) is 7.05 Å². The molecule has 0 radical (unpaired) electrons. The van der Waals surface area contributed by atoms with Crippen molar-refractivity contribution in [3.63, 3.8) is 0 Å². The molecule has 0 aliphatic heterocycles. The van der Waals surface area contributed by atoms with Gasteiger partial charge in [0.2, 0.25) is 0 Å². The Bertz CT molecular complexity index is 980. The van der Waals surface area contributed by atoms with E-state index in [1.165, 1.54) is 11.1 Å². The molecule has 0 fully saturated rings. The summed E-state index contributed by atoms with van der Waals surface area (Å²) in [5.41, 5.74) is 6.40. The number of hydrogen-bond acceptors (Lipinski definition) is 3. The highest BCUT2D eigenvalue weighted by Gasteiger charge is 2.22. The number of aryl methyl sites for hydroxylation is 2. The van der Waals surface area contributed by atoms with E-state index in [2.05, 4.69) is 48.2 Å². The Labute approximate surface area is 147 Å². The van der Waals surface area contributed by atoms with Gasteiger partial charge in [-0.3, -0.25) is 9.48 Å². The molecule has 2 heterocycles. The van der Waals surface area contributed by atoms with Gasteiger partial charge in [-0.2, -0.15) is 5.10 Å². The van der Waals surface area contributed by atoms with E-state index < -0.39 is 0 Å². The summed E-state index contributed by atoms with van der Waals surface area (Å²) in [6.07, 6.45) is 4.07. The van der Waals surface area contributed by atoms with Crippen molar-refractivity contribution in [1.29, 1.82) is 0 Å². The van der Waals surface area contributed by atoms with Crippen LogP contribution in [-0.4, -0.2) is 33.8 Å². The molecule has 0 bridgehead atoms. The first-order valence-electron chi connectivity index (χ1n) is 8.89. The van der Waals surface area contributed by atoms with Gasteiger partial charge in [-0.1, -0.05) is 24.3 Å². The summed E-state index contributed by atoms with van der Waals surface area (Å²) in [6.45, 7) is 0.923. The number of benzene rings is 1. The van der Waals surface area contributed by atoms with Crippen LogP contribution in [0.2, 0.25) is 0 Å². The lowest BCUT2D eigenvalue weighted by atomic mass is 9.89. The third kappa shape index (κ3) is 2.78. The van der Waals surface area contributed by atoms with E-state index in [9.17, 15) is 4.79 Å². The van der Waals surface area contributed by atoms with Crippen LogP contribution in [0.15, 0.2) is 29.1 Å². The van der Waals surface area contributed by atoms with Gasteiger partial charge in [0.25, 0.3) is 5.56 Å². The number of aromatic nitrogens is 3. The van der Waals surface area contributed by atoms with Gasteiger partial charge >= 0.3 is 0 Å². The van der Waals surface area contributed by atoms with Crippen LogP contribution in [-0.2, 0) is 26.4 Å². The van der Waals surface area contributed by atoms with Crippen molar-refractivity contribution in [2.45, 2.75) is 32.2 Å². The van der Waals surface area contributed by atoms with Crippen LogP contribution < -0.4 is 5.56 Å². The highest BCUT2D eigenvalue weighted by Crippen LogP contribution is 2.33. The summed E-state index contributed by atoms with van der Waals surface area (Å²) < 4.78 is 1.80. The van der Waals surface area contributed by atoms with Crippen molar-refractivity contribution in [3.05, 3.63) is 51.3 Å². The van der Waals surface area contributed by atoms with Gasteiger partial charge in [0, 0.05) is 30.1 Å². The molecule has 0 saturated carbocycles. The Morgan fingerprint density at radius 1 is 1.12 bits per heavy atom. The number of aromatic amines is 1. The van der Waals surface area contributed by atoms with E-state index in [1.54, 1.807) is 4.68 Å². The van der Waals surface area contributed by atoms with Crippen LogP contribution in [0.4, 0.5) is 0 Å². The Kier molecular flexibility index (Phi) is 3.96. The molecule has 1 aliphatic rings. The molecule has 5 nitrogen and oxygen atoms in total. The van der Waals surface area contributed by atoms with Gasteiger partial charge in [-0.25, -0.2) is 0 Å². The molecule has 1 N–H and O–H groups in total. The van der Waals surface area contributed by atoms with E-state index >= 15 is 0 Å². The SMILES string of the molecule is CN(C)Cc1ccc(-c2nn(C)c3[nH]c(=O)c4c(c23)CCCC4)cc1. The quantitative estimate of drug-likeness (QED) is 0.800. The molecule has 5 heteroatoms. The summed E-state index contributed by atoms with van der Waals surface area (Å²) in [4.78, 5) is 17.6. The third-order valence-electron chi connectivity index (χ3n) is 5.05. The van der Waals surface area contributed by atoms with Crippen LogP contribution in [0.3, 0.4) is 0 Å². The average molecular weight is 336 g/mol. The molecular formula is C20H24N4O. The predicted octanol–water partition coefficient (Wildman–Crippen LogP) is 2.87. The smallest absolute Gasteiger partial charge is 0.253 e. The van der Waals surface area contributed by atoms with Gasteiger partial charge < -0.3 is 9.88 Å². The number of pyridine rings is 1. The first-order valence-corrected chi connectivity index (χ1v) is 8.89. The summed E-state index contributed by atoms with van der Waals surface area (Å²) >= 11 is 0. The fourth-order valence-electron chi connectivity index (χ4n) is 3.90. The monoisotopic (exact) mass is 336 g/mol. The van der Waals surface area contributed by atoms with Gasteiger partial charge in [0.05, 0.1) is 0 Å². The third-order valence-corrected chi connectivity index (χ3v) is 5.05. The van der Waals surface area contributed by atoms with Gasteiger partial charge in [0.15, 0.2) is 0 Å². The molecule has 2 aromatic heterocycles. The second kappa shape index (κ2) is 6.15. The largest absolute Gasteiger partial charge is 0.307 e. The highest BCUT2D eigenvalue weighted by atomic mass is 16.1. The van der Waals surface area contributed by atoms with Gasteiger partial charge in [-0.15, -0.1) is 0 Å². The summed E-state index contributed by atoms with van der Waals surface area (Å²) in [5, 5.41) is 5.86. The van der Waals surface area contributed by atoms with Crippen molar-refractivity contribution in [2.75, 3.05) is 14.1 Å². The first-order chi connectivity index (χ1) is 12.0. The molecule has 25 heavy (non-hydrogen) atoms. The number of fused-ring (bicyclic) bond motifs is 3. The predicted molar refractivity (Wildman–Crippen MR) is 101 cm³/mol. The van der Waals surface area contributed by atoms with Gasteiger partial charge in [0.1, 0.15) is 11.3 Å². The van der Waals surface area contributed by atoms with Crippen molar-refractivity contribution in [1.82, 2.24) is 19.7 Å².